The highest BCUT2D eigenvalue weighted by Gasteiger charge is 2.21. The lowest BCUT2D eigenvalue weighted by molar-refractivity contribution is 0.310. The van der Waals surface area contributed by atoms with E-state index in [4.69, 9.17) is 23.4 Å². The summed E-state index contributed by atoms with van der Waals surface area (Å²) in [6.07, 6.45) is 1.58. The molecule has 0 saturated carbocycles. The lowest BCUT2D eigenvalue weighted by Gasteiger charge is -2.15. The normalized spacial score (nSPS) is 10.5. The Morgan fingerprint density at radius 2 is 1.74 bits per heavy atom. The summed E-state index contributed by atoms with van der Waals surface area (Å²) in [5.74, 6) is 2.14. The Bertz CT molecular complexity index is 1020. The van der Waals surface area contributed by atoms with Crippen LogP contribution in [0.2, 0.25) is 0 Å². The average Bonchev–Trinajstić information content (AvgIpc) is 2.70. The summed E-state index contributed by atoms with van der Waals surface area (Å²) in [7, 11) is 4.58. The molecule has 0 spiro atoms. The predicted octanol–water partition coefficient (Wildman–Crippen LogP) is 4.05. The molecule has 6 nitrogen and oxygen atoms in total. The zero-order chi connectivity index (χ0) is 19.4. The molecule has 27 heavy (non-hydrogen) atoms. The van der Waals surface area contributed by atoms with Crippen LogP contribution in [0.25, 0.3) is 22.3 Å². The fourth-order valence-electron chi connectivity index (χ4n) is 2.77. The first-order valence-corrected chi connectivity index (χ1v) is 8.23. The van der Waals surface area contributed by atoms with E-state index < -0.39 is 0 Å². The van der Waals surface area contributed by atoms with E-state index >= 15 is 0 Å². The van der Waals surface area contributed by atoms with E-state index in [9.17, 15) is 4.79 Å². The van der Waals surface area contributed by atoms with Crippen molar-refractivity contribution < 1.29 is 23.4 Å². The average molecular weight is 368 g/mol. The first-order chi connectivity index (χ1) is 13.1. The number of hydrogen-bond acceptors (Lipinski definition) is 6. The minimum absolute atomic E-state index is 0.207. The molecule has 1 aromatic heterocycles. The summed E-state index contributed by atoms with van der Waals surface area (Å²) in [5, 5.41) is 0.284. The first kappa shape index (κ1) is 18.4. The van der Waals surface area contributed by atoms with Gasteiger partial charge in [0.05, 0.1) is 21.3 Å². The van der Waals surface area contributed by atoms with Gasteiger partial charge in [-0.05, 0) is 24.3 Å². The van der Waals surface area contributed by atoms with Crippen molar-refractivity contribution in [2.45, 2.75) is 0 Å². The van der Waals surface area contributed by atoms with Gasteiger partial charge in [0.1, 0.15) is 29.1 Å². The van der Waals surface area contributed by atoms with E-state index in [1.807, 2.05) is 12.1 Å². The van der Waals surface area contributed by atoms with Gasteiger partial charge in [0.2, 0.25) is 5.75 Å². The molecule has 0 aliphatic carbocycles. The van der Waals surface area contributed by atoms with Gasteiger partial charge < -0.3 is 23.4 Å². The van der Waals surface area contributed by atoms with Crippen LogP contribution in [0, 0.1) is 0 Å². The topological polar surface area (TPSA) is 67.1 Å². The van der Waals surface area contributed by atoms with Crippen LogP contribution in [0.4, 0.5) is 0 Å². The predicted molar refractivity (Wildman–Crippen MR) is 103 cm³/mol. The van der Waals surface area contributed by atoms with E-state index in [0.717, 1.165) is 5.56 Å². The molecule has 0 atom stereocenters. The summed E-state index contributed by atoms with van der Waals surface area (Å²) < 4.78 is 27.6. The Balaban J connectivity index is 2.24. The van der Waals surface area contributed by atoms with Gasteiger partial charge in [0.25, 0.3) is 0 Å². The second-order valence-corrected chi connectivity index (χ2v) is 5.62. The van der Waals surface area contributed by atoms with Gasteiger partial charge >= 0.3 is 0 Å². The van der Waals surface area contributed by atoms with Crippen molar-refractivity contribution in [3.8, 4) is 34.3 Å². The maximum absolute atomic E-state index is 12.9. The van der Waals surface area contributed by atoms with Gasteiger partial charge in [-0.3, -0.25) is 4.79 Å². The molecule has 1 heterocycles. The Labute approximate surface area is 156 Å². The molecular formula is C21H20O6. The number of benzene rings is 2. The number of hydrogen-bond donors (Lipinski definition) is 0. The lowest BCUT2D eigenvalue weighted by Crippen LogP contribution is -2.07. The maximum atomic E-state index is 12.9. The van der Waals surface area contributed by atoms with Crippen molar-refractivity contribution in [2.75, 3.05) is 27.9 Å². The molecule has 0 bridgehead atoms. The van der Waals surface area contributed by atoms with Crippen molar-refractivity contribution in [3.05, 3.63) is 59.3 Å². The van der Waals surface area contributed by atoms with Crippen molar-refractivity contribution >= 4 is 11.0 Å². The number of rotatable bonds is 7. The van der Waals surface area contributed by atoms with Gasteiger partial charge in [-0.1, -0.05) is 12.7 Å². The minimum atomic E-state index is -0.248. The summed E-state index contributed by atoms with van der Waals surface area (Å²) >= 11 is 0. The standard InChI is InChI=1S/C21H20O6/c1-5-10-26-21-19-15(22)11-16(13-6-8-14(23-2)9-7-13)27-17(19)12-18(24-3)20(21)25-4/h5-9,11-12H,1,10H2,2-4H3. The van der Waals surface area contributed by atoms with Gasteiger partial charge in [0.15, 0.2) is 16.9 Å². The molecule has 6 heteroatoms. The van der Waals surface area contributed by atoms with E-state index in [0.29, 0.717) is 28.6 Å². The molecule has 0 aliphatic rings. The zero-order valence-electron chi connectivity index (χ0n) is 15.4. The third-order valence-corrected chi connectivity index (χ3v) is 4.04. The minimum Gasteiger partial charge on any atom is -0.497 e. The SMILES string of the molecule is C=CCOc1c(OC)c(OC)cc2oc(-c3ccc(OC)cc3)cc(=O)c12. The number of ether oxygens (including phenoxy) is 4. The van der Waals surface area contributed by atoms with Gasteiger partial charge in [0, 0.05) is 17.7 Å². The molecule has 0 saturated heterocycles. The molecule has 0 fully saturated rings. The fraction of sp³-hybridized carbons (Fsp3) is 0.190. The van der Waals surface area contributed by atoms with Crippen LogP contribution in [-0.4, -0.2) is 27.9 Å². The molecule has 3 aromatic rings. The van der Waals surface area contributed by atoms with Gasteiger partial charge in [-0.25, -0.2) is 0 Å². The molecular weight excluding hydrogens is 348 g/mol. The van der Waals surface area contributed by atoms with Gasteiger partial charge in [-0.2, -0.15) is 0 Å². The van der Waals surface area contributed by atoms with Crippen LogP contribution in [0.3, 0.4) is 0 Å². The Kier molecular flexibility index (Phi) is 5.35. The highest BCUT2D eigenvalue weighted by atomic mass is 16.5. The van der Waals surface area contributed by atoms with Crippen LogP contribution in [-0.2, 0) is 0 Å². The molecule has 2 aromatic carbocycles. The molecule has 3 rings (SSSR count). The summed E-state index contributed by atoms with van der Waals surface area (Å²) in [5.41, 5.74) is 0.838. The monoisotopic (exact) mass is 368 g/mol. The molecule has 0 amide bonds. The van der Waals surface area contributed by atoms with E-state index in [1.165, 1.54) is 20.3 Å². The largest absolute Gasteiger partial charge is 0.497 e. The van der Waals surface area contributed by atoms with Crippen LogP contribution >= 0.6 is 0 Å². The summed E-state index contributed by atoms with van der Waals surface area (Å²) in [6, 6.07) is 10.3. The van der Waals surface area contributed by atoms with Crippen LogP contribution in [0.1, 0.15) is 0 Å². The third kappa shape index (κ3) is 3.46. The molecule has 0 N–H and O–H groups in total. The lowest BCUT2D eigenvalue weighted by atomic mass is 10.1. The van der Waals surface area contributed by atoms with Crippen molar-refractivity contribution in [3.63, 3.8) is 0 Å². The second kappa shape index (κ2) is 7.86. The second-order valence-electron chi connectivity index (χ2n) is 5.62. The number of methoxy groups -OCH3 is 3. The third-order valence-electron chi connectivity index (χ3n) is 4.04. The highest BCUT2D eigenvalue weighted by molar-refractivity contribution is 5.90. The Hall–Kier alpha value is -3.41. The van der Waals surface area contributed by atoms with E-state index in [2.05, 4.69) is 6.58 Å². The van der Waals surface area contributed by atoms with Crippen LogP contribution in [0.15, 0.2) is 58.3 Å². The Morgan fingerprint density at radius 3 is 2.33 bits per heavy atom. The van der Waals surface area contributed by atoms with Crippen molar-refractivity contribution in [1.29, 1.82) is 0 Å². The van der Waals surface area contributed by atoms with Crippen LogP contribution in [0.5, 0.6) is 23.0 Å². The summed E-state index contributed by atoms with van der Waals surface area (Å²) in [4.78, 5) is 12.9. The molecule has 0 aliphatic heterocycles. The van der Waals surface area contributed by atoms with Crippen molar-refractivity contribution in [1.82, 2.24) is 0 Å². The Morgan fingerprint density at radius 1 is 1.00 bits per heavy atom. The van der Waals surface area contributed by atoms with E-state index in [1.54, 1.807) is 31.4 Å². The fourth-order valence-corrected chi connectivity index (χ4v) is 2.77. The quantitative estimate of drug-likeness (QED) is 0.586. The zero-order valence-corrected chi connectivity index (χ0v) is 15.4. The molecule has 0 unspecified atom stereocenters. The maximum Gasteiger partial charge on any atom is 0.204 e. The van der Waals surface area contributed by atoms with Gasteiger partial charge in [-0.15, -0.1) is 0 Å². The van der Waals surface area contributed by atoms with Crippen LogP contribution < -0.4 is 24.4 Å². The highest BCUT2D eigenvalue weighted by Crippen LogP contribution is 2.43. The first-order valence-electron chi connectivity index (χ1n) is 8.23. The summed E-state index contributed by atoms with van der Waals surface area (Å²) in [6.45, 7) is 3.84. The molecule has 140 valence electrons. The number of fused-ring (bicyclic) bond motifs is 1. The van der Waals surface area contributed by atoms with Crippen molar-refractivity contribution in [2.24, 2.45) is 0 Å². The molecule has 0 radical (unpaired) electrons. The smallest absolute Gasteiger partial charge is 0.204 e. The van der Waals surface area contributed by atoms with E-state index in [-0.39, 0.29) is 23.2 Å².